The topological polar surface area (TPSA) is 63.5 Å². The zero-order chi connectivity index (χ0) is 15.6. The second kappa shape index (κ2) is 6.10. The van der Waals surface area contributed by atoms with E-state index < -0.39 is 5.60 Å². The lowest BCUT2D eigenvalue weighted by atomic mass is 9.80. The van der Waals surface area contributed by atoms with E-state index in [0.717, 1.165) is 30.2 Å². The first kappa shape index (κ1) is 15.1. The maximum Gasteiger partial charge on any atom is 0.268 e. The number of carbonyl (C=O) groups excluding carboxylic acids is 1. The Morgan fingerprint density at radius 1 is 1.41 bits per heavy atom. The smallest absolute Gasteiger partial charge is 0.268 e. The summed E-state index contributed by atoms with van der Waals surface area (Å²) in [6.07, 6.45) is 2.56. The molecule has 2 N–H and O–H groups in total. The highest BCUT2D eigenvalue weighted by atomic mass is 16.5. The van der Waals surface area contributed by atoms with Gasteiger partial charge in [0.05, 0.1) is 12.2 Å². The number of hydrogen-bond donors (Lipinski definition) is 2. The molecule has 0 saturated heterocycles. The highest BCUT2D eigenvalue weighted by Crippen LogP contribution is 2.30. The molecule has 118 valence electrons. The van der Waals surface area contributed by atoms with Crippen LogP contribution in [0.2, 0.25) is 0 Å². The van der Waals surface area contributed by atoms with Gasteiger partial charge in [-0.3, -0.25) is 4.79 Å². The minimum absolute atomic E-state index is 0.146. The van der Waals surface area contributed by atoms with Gasteiger partial charge in [-0.25, -0.2) is 0 Å². The van der Waals surface area contributed by atoms with E-state index in [-0.39, 0.29) is 5.91 Å². The number of amides is 1. The number of nitrogens with zero attached hydrogens (tertiary/aromatic N) is 1. The van der Waals surface area contributed by atoms with Gasteiger partial charge in [-0.15, -0.1) is 0 Å². The normalized spacial score (nSPS) is 16.5. The van der Waals surface area contributed by atoms with Gasteiger partial charge in [-0.2, -0.15) is 0 Å². The fraction of sp³-hybridized carbons (Fsp3) is 0.471. The molecule has 1 aromatic carbocycles. The van der Waals surface area contributed by atoms with Crippen molar-refractivity contribution in [1.82, 2.24) is 9.88 Å². The van der Waals surface area contributed by atoms with Gasteiger partial charge >= 0.3 is 0 Å². The highest BCUT2D eigenvalue weighted by molar-refractivity contribution is 5.98. The van der Waals surface area contributed by atoms with E-state index in [1.54, 1.807) is 7.11 Å². The molecule has 5 nitrogen and oxygen atoms in total. The van der Waals surface area contributed by atoms with Gasteiger partial charge < -0.3 is 19.7 Å². The minimum Gasteiger partial charge on any atom is -0.388 e. The molecular formula is C17H22N2O3. The van der Waals surface area contributed by atoms with Gasteiger partial charge in [0.25, 0.3) is 5.91 Å². The van der Waals surface area contributed by atoms with Crippen molar-refractivity contribution in [3.63, 3.8) is 0 Å². The van der Waals surface area contributed by atoms with Crippen LogP contribution in [0.5, 0.6) is 0 Å². The molecule has 0 radical (unpaired) electrons. The fourth-order valence-electron chi connectivity index (χ4n) is 2.92. The number of para-hydroxylation sites is 1. The summed E-state index contributed by atoms with van der Waals surface area (Å²) in [7, 11) is 1.65. The lowest BCUT2D eigenvalue weighted by Crippen LogP contribution is -2.48. The van der Waals surface area contributed by atoms with Crippen molar-refractivity contribution in [2.75, 3.05) is 20.3 Å². The van der Waals surface area contributed by atoms with Crippen LogP contribution in [0.4, 0.5) is 0 Å². The maximum absolute atomic E-state index is 12.5. The van der Waals surface area contributed by atoms with E-state index in [9.17, 15) is 9.90 Å². The van der Waals surface area contributed by atoms with Crippen LogP contribution in [0, 0.1) is 0 Å². The largest absolute Gasteiger partial charge is 0.388 e. The second-order valence-electron chi connectivity index (χ2n) is 5.99. The molecule has 0 bridgehead atoms. The standard InChI is InChI=1S/C17H22N2O3/c1-22-10-9-19-14-6-3-2-5-13(14)11-15(19)16(20)18-12-17(21)7-4-8-17/h2-3,5-6,11,21H,4,7-10,12H2,1H3,(H,18,20). The first-order valence-corrected chi connectivity index (χ1v) is 7.71. The average molecular weight is 302 g/mol. The third-order valence-corrected chi connectivity index (χ3v) is 4.42. The van der Waals surface area contributed by atoms with Crippen molar-refractivity contribution in [3.05, 3.63) is 36.0 Å². The monoisotopic (exact) mass is 302 g/mol. The first-order chi connectivity index (χ1) is 10.6. The Labute approximate surface area is 129 Å². The summed E-state index contributed by atoms with van der Waals surface area (Å²) in [5, 5.41) is 14.0. The van der Waals surface area contributed by atoms with Crippen molar-refractivity contribution in [3.8, 4) is 0 Å². The van der Waals surface area contributed by atoms with E-state index >= 15 is 0 Å². The fourth-order valence-corrected chi connectivity index (χ4v) is 2.92. The number of ether oxygens (including phenoxy) is 1. The minimum atomic E-state index is -0.709. The van der Waals surface area contributed by atoms with Crippen LogP contribution < -0.4 is 5.32 Å². The van der Waals surface area contributed by atoms with Crippen molar-refractivity contribution in [2.24, 2.45) is 0 Å². The van der Waals surface area contributed by atoms with E-state index in [1.165, 1.54) is 0 Å². The van der Waals surface area contributed by atoms with Crippen LogP contribution in [0.25, 0.3) is 10.9 Å². The van der Waals surface area contributed by atoms with E-state index in [0.29, 0.717) is 25.4 Å². The number of aliphatic hydroxyl groups is 1. The first-order valence-electron chi connectivity index (χ1n) is 7.71. The van der Waals surface area contributed by atoms with Gasteiger partial charge in [0.15, 0.2) is 0 Å². The summed E-state index contributed by atoms with van der Waals surface area (Å²) in [6.45, 7) is 1.48. The van der Waals surface area contributed by atoms with Gasteiger partial charge in [0, 0.05) is 31.1 Å². The van der Waals surface area contributed by atoms with Crippen molar-refractivity contribution in [2.45, 2.75) is 31.4 Å². The Morgan fingerprint density at radius 3 is 2.86 bits per heavy atom. The van der Waals surface area contributed by atoms with Crippen molar-refractivity contribution >= 4 is 16.8 Å². The zero-order valence-corrected chi connectivity index (χ0v) is 12.8. The molecule has 3 rings (SSSR count). The molecule has 1 fully saturated rings. The number of methoxy groups -OCH3 is 1. The van der Waals surface area contributed by atoms with E-state index in [4.69, 9.17) is 4.74 Å². The molecule has 1 saturated carbocycles. The Hall–Kier alpha value is -1.85. The van der Waals surface area contributed by atoms with Crippen LogP contribution >= 0.6 is 0 Å². The Kier molecular flexibility index (Phi) is 4.18. The molecule has 1 aliphatic carbocycles. The quantitative estimate of drug-likeness (QED) is 0.857. The SMILES string of the molecule is COCCn1c(C(=O)NCC2(O)CCC2)cc2ccccc21. The molecule has 0 unspecified atom stereocenters. The van der Waals surface area contributed by atoms with E-state index in [1.807, 2.05) is 34.9 Å². The number of carbonyl (C=O) groups is 1. The molecular weight excluding hydrogens is 280 g/mol. The average Bonchev–Trinajstić information content (AvgIpc) is 2.87. The van der Waals surface area contributed by atoms with Gasteiger partial charge in [-0.1, -0.05) is 18.2 Å². The van der Waals surface area contributed by atoms with Crippen LogP contribution in [-0.4, -0.2) is 41.4 Å². The third-order valence-electron chi connectivity index (χ3n) is 4.42. The molecule has 1 amide bonds. The molecule has 1 heterocycles. The number of benzene rings is 1. The van der Waals surface area contributed by atoms with Gasteiger partial charge in [-0.05, 0) is 31.4 Å². The van der Waals surface area contributed by atoms with Gasteiger partial charge in [0.2, 0.25) is 0 Å². The van der Waals surface area contributed by atoms with Crippen LogP contribution in [0.1, 0.15) is 29.8 Å². The number of fused-ring (bicyclic) bond motifs is 1. The van der Waals surface area contributed by atoms with Crippen LogP contribution in [0.3, 0.4) is 0 Å². The van der Waals surface area contributed by atoms with E-state index in [2.05, 4.69) is 5.32 Å². The number of hydrogen-bond acceptors (Lipinski definition) is 3. The van der Waals surface area contributed by atoms with Crippen LogP contribution in [0.15, 0.2) is 30.3 Å². The number of nitrogens with one attached hydrogen (secondary N) is 1. The second-order valence-corrected chi connectivity index (χ2v) is 5.99. The molecule has 1 aliphatic rings. The van der Waals surface area contributed by atoms with Gasteiger partial charge in [0.1, 0.15) is 5.69 Å². The summed E-state index contributed by atoms with van der Waals surface area (Å²) >= 11 is 0. The number of rotatable bonds is 6. The Bertz CT molecular complexity index is 674. The number of aromatic nitrogens is 1. The zero-order valence-electron chi connectivity index (χ0n) is 12.8. The summed E-state index contributed by atoms with van der Waals surface area (Å²) < 4.78 is 7.12. The lowest BCUT2D eigenvalue weighted by molar-refractivity contribution is -0.0301. The molecule has 0 aliphatic heterocycles. The summed E-state index contributed by atoms with van der Waals surface area (Å²) in [6, 6.07) is 9.81. The summed E-state index contributed by atoms with van der Waals surface area (Å²) in [4.78, 5) is 12.5. The third kappa shape index (κ3) is 2.87. The predicted molar refractivity (Wildman–Crippen MR) is 84.9 cm³/mol. The van der Waals surface area contributed by atoms with Crippen molar-refractivity contribution < 1.29 is 14.6 Å². The molecule has 1 aromatic heterocycles. The molecule has 22 heavy (non-hydrogen) atoms. The molecule has 0 spiro atoms. The lowest BCUT2D eigenvalue weighted by Gasteiger charge is -2.36. The Balaban J connectivity index is 1.82. The summed E-state index contributed by atoms with van der Waals surface area (Å²) in [5.74, 6) is -0.146. The van der Waals surface area contributed by atoms with Crippen molar-refractivity contribution in [1.29, 1.82) is 0 Å². The predicted octanol–water partition coefficient (Wildman–Crippen LogP) is 1.93. The highest BCUT2D eigenvalue weighted by Gasteiger charge is 2.34. The summed E-state index contributed by atoms with van der Waals surface area (Å²) in [5.41, 5.74) is 0.923. The molecule has 0 atom stereocenters. The molecule has 5 heteroatoms. The van der Waals surface area contributed by atoms with Crippen LogP contribution in [-0.2, 0) is 11.3 Å². The Morgan fingerprint density at radius 2 is 2.18 bits per heavy atom. The molecule has 2 aromatic rings. The maximum atomic E-state index is 12.5.